The first-order valence-corrected chi connectivity index (χ1v) is 6.25. The number of nitrogens with one attached hydrogen (secondary N) is 1. The topological polar surface area (TPSA) is 65.0 Å². The molecule has 1 fully saturated rings. The SMILES string of the molecule is O=C(O)C1=C(NN2CCN(CC(F)(F)F)CC2)OCC1. The molecule has 0 bridgehead atoms. The fourth-order valence-corrected chi connectivity index (χ4v) is 2.17. The van der Waals surface area contributed by atoms with Crippen molar-refractivity contribution in [3.05, 3.63) is 11.5 Å². The predicted molar refractivity (Wildman–Crippen MR) is 62.4 cm³/mol. The number of hydrogen-bond acceptors (Lipinski definition) is 5. The maximum atomic E-state index is 12.2. The summed E-state index contributed by atoms with van der Waals surface area (Å²) in [7, 11) is 0. The number of carboxylic acids is 1. The van der Waals surface area contributed by atoms with Crippen molar-refractivity contribution in [3.8, 4) is 0 Å². The molecule has 2 aliphatic heterocycles. The molecule has 0 aromatic heterocycles. The summed E-state index contributed by atoms with van der Waals surface area (Å²) in [6.07, 6.45) is -3.87. The Labute approximate surface area is 113 Å². The number of halogens is 3. The van der Waals surface area contributed by atoms with E-state index in [1.54, 1.807) is 5.01 Å². The van der Waals surface area contributed by atoms with Crippen LogP contribution in [0.15, 0.2) is 11.5 Å². The minimum atomic E-state index is -4.19. The highest BCUT2D eigenvalue weighted by Gasteiger charge is 2.32. The van der Waals surface area contributed by atoms with E-state index in [0.717, 1.165) is 0 Å². The van der Waals surface area contributed by atoms with Crippen LogP contribution in [0.3, 0.4) is 0 Å². The second kappa shape index (κ2) is 5.88. The number of rotatable bonds is 4. The first kappa shape index (κ1) is 14.9. The third-order valence-corrected chi connectivity index (χ3v) is 3.17. The molecule has 1 saturated heterocycles. The molecular formula is C11H16F3N3O3. The average Bonchev–Trinajstić information content (AvgIpc) is 2.78. The molecule has 2 aliphatic rings. The first-order valence-electron chi connectivity index (χ1n) is 6.25. The molecule has 0 saturated carbocycles. The molecule has 20 heavy (non-hydrogen) atoms. The summed E-state index contributed by atoms with van der Waals surface area (Å²) in [4.78, 5) is 12.3. The molecule has 0 atom stereocenters. The van der Waals surface area contributed by atoms with Crippen molar-refractivity contribution >= 4 is 5.97 Å². The molecule has 0 aromatic carbocycles. The van der Waals surface area contributed by atoms with E-state index in [9.17, 15) is 18.0 Å². The van der Waals surface area contributed by atoms with Gasteiger partial charge in [-0.2, -0.15) is 13.2 Å². The monoisotopic (exact) mass is 295 g/mol. The standard InChI is InChI=1S/C11H16F3N3O3/c12-11(13,14)7-16-2-4-17(5-3-16)15-9-8(10(18)19)1-6-20-9/h15H,1-7H2,(H,18,19). The Morgan fingerprint density at radius 3 is 2.50 bits per heavy atom. The molecule has 114 valence electrons. The van der Waals surface area contributed by atoms with Gasteiger partial charge in [0.15, 0.2) is 0 Å². The summed E-state index contributed by atoms with van der Waals surface area (Å²) in [6, 6.07) is 0. The van der Waals surface area contributed by atoms with Gasteiger partial charge in [-0.15, -0.1) is 0 Å². The average molecular weight is 295 g/mol. The van der Waals surface area contributed by atoms with E-state index in [1.807, 2.05) is 0 Å². The van der Waals surface area contributed by atoms with Gasteiger partial charge >= 0.3 is 12.1 Å². The van der Waals surface area contributed by atoms with Crippen molar-refractivity contribution in [1.29, 1.82) is 0 Å². The van der Waals surface area contributed by atoms with Gasteiger partial charge in [-0.05, 0) is 0 Å². The van der Waals surface area contributed by atoms with E-state index in [2.05, 4.69) is 5.43 Å². The lowest BCUT2D eigenvalue weighted by atomic mass is 10.2. The van der Waals surface area contributed by atoms with Crippen LogP contribution in [0.25, 0.3) is 0 Å². The lowest BCUT2D eigenvalue weighted by molar-refractivity contribution is -0.150. The van der Waals surface area contributed by atoms with E-state index < -0.39 is 18.7 Å². The van der Waals surface area contributed by atoms with Crippen molar-refractivity contribution in [2.24, 2.45) is 0 Å². The van der Waals surface area contributed by atoms with Gasteiger partial charge in [-0.3, -0.25) is 10.3 Å². The van der Waals surface area contributed by atoms with Gasteiger partial charge in [0.1, 0.15) is 5.57 Å². The number of carboxylic acid groups (broad SMARTS) is 1. The van der Waals surface area contributed by atoms with Crippen LogP contribution >= 0.6 is 0 Å². The van der Waals surface area contributed by atoms with Gasteiger partial charge in [0.05, 0.1) is 13.2 Å². The molecule has 6 nitrogen and oxygen atoms in total. The molecule has 0 aliphatic carbocycles. The van der Waals surface area contributed by atoms with Crippen LogP contribution in [0.1, 0.15) is 6.42 Å². The molecule has 2 heterocycles. The number of nitrogens with zero attached hydrogens (tertiary/aromatic N) is 2. The lowest BCUT2D eigenvalue weighted by Gasteiger charge is -2.35. The van der Waals surface area contributed by atoms with Crippen LogP contribution in [0.2, 0.25) is 0 Å². The van der Waals surface area contributed by atoms with Gasteiger partial charge < -0.3 is 9.84 Å². The van der Waals surface area contributed by atoms with Gasteiger partial charge in [0, 0.05) is 32.6 Å². The smallest absolute Gasteiger partial charge is 0.401 e. The quantitative estimate of drug-likeness (QED) is 0.782. The highest BCUT2D eigenvalue weighted by atomic mass is 19.4. The fourth-order valence-electron chi connectivity index (χ4n) is 2.17. The van der Waals surface area contributed by atoms with E-state index in [4.69, 9.17) is 9.84 Å². The van der Waals surface area contributed by atoms with E-state index >= 15 is 0 Å². The number of aliphatic carboxylic acids is 1. The molecule has 0 aromatic rings. The summed E-state index contributed by atoms with van der Waals surface area (Å²) in [5.74, 6) is -0.845. The Morgan fingerprint density at radius 2 is 1.95 bits per heavy atom. The molecular weight excluding hydrogens is 279 g/mol. The largest absolute Gasteiger partial charge is 0.478 e. The minimum Gasteiger partial charge on any atom is -0.478 e. The van der Waals surface area contributed by atoms with E-state index in [0.29, 0.717) is 26.1 Å². The van der Waals surface area contributed by atoms with Crippen molar-refractivity contribution in [3.63, 3.8) is 0 Å². The second-order valence-corrected chi connectivity index (χ2v) is 4.70. The summed E-state index contributed by atoms with van der Waals surface area (Å²) in [6.45, 7) is 0.661. The molecule has 0 radical (unpaired) electrons. The Hall–Kier alpha value is -1.48. The van der Waals surface area contributed by atoms with E-state index in [-0.39, 0.29) is 24.5 Å². The van der Waals surface area contributed by atoms with Gasteiger partial charge in [-0.1, -0.05) is 0 Å². The summed E-state index contributed by atoms with van der Waals surface area (Å²) < 4.78 is 41.9. The highest BCUT2D eigenvalue weighted by Crippen LogP contribution is 2.19. The number of hydrazine groups is 1. The van der Waals surface area contributed by atoms with Gasteiger partial charge in [-0.25, -0.2) is 9.80 Å². The van der Waals surface area contributed by atoms with Crippen LogP contribution in [0, 0.1) is 0 Å². The molecule has 0 amide bonds. The normalized spacial score (nSPS) is 21.9. The van der Waals surface area contributed by atoms with Crippen molar-refractivity contribution in [2.45, 2.75) is 12.6 Å². The maximum absolute atomic E-state index is 12.2. The zero-order valence-electron chi connectivity index (χ0n) is 10.7. The van der Waals surface area contributed by atoms with Crippen LogP contribution in [-0.2, 0) is 9.53 Å². The molecule has 0 unspecified atom stereocenters. The third kappa shape index (κ3) is 4.01. The van der Waals surface area contributed by atoms with Crippen LogP contribution in [-0.4, -0.2) is 66.5 Å². The number of carbonyl (C=O) groups is 1. The Bertz CT molecular complexity index is 403. The van der Waals surface area contributed by atoms with Crippen molar-refractivity contribution in [1.82, 2.24) is 15.3 Å². The number of ether oxygens (including phenoxy) is 1. The molecule has 9 heteroatoms. The number of hydrogen-bond donors (Lipinski definition) is 2. The molecule has 2 N–H and O–H groups in total. The predicted octanol–water partition coefficient (Wildman–Crippen LogP) is 0.387. The summed E-state index contributed by atoms with van der Waals surface area (Å²) >= 11 is 0. The Kier molecular flexibility index (Phi) is 4.39. The minimum absolute atomic E-state index is 0.169. The van der Waals surface area contributed by atoms with Crippen LogP contribution in [0.4, 0.5) is 13.2 Å². The zero-order chi connectivity index (χ0) is 14.8. The highest BCUT2D eigenvalue weighted by molar-refractivity contribution is 5.87. The number of piperazine rings is 1. The fraction of sp³-hybridized carbons (Fsp3) is 0.727. The summed E-state index contributed by atoms with van der Waals surface area (Å²) in [5, 5.41) is 10.6. The third-order valence-electron chi connectivity index (χ3n) is 3.17. The van der Waals surface area contributed by atoms with Gasteiger partial charge in [0.25, 0.3) is 0 Å². The Morgan fingerprint density at radius 1 is 1.30 bits per heavy atom. The second-order valence-electron chi connectivity index (χ2n) is 4.70. The van der Waals surface area contributed by atoms with E-state index in [1.165, 1.54) is 4.90 Å². The Balaban J connectivity index is 1.83. The van der Waals surface area contributed by atoms with Crippen LogP contribution < -0.4 is 5.43 Å². The van der Waals surface area contributed by atoms with Crippen LogP contribution in [0.5, 0.6) is 0 Å². The lowest BCUT2D eigenvalue weighted by Crippen LogP contribution is -2.53. The maximum Gasteiger partial charge on any atom is 0.401 e. The van der Waals surface area contributed by atoms with Crippen molar-refractivity contribution < 1.29 is 27.8 Å². The zero-order valence-corrected chi connectivity index (χ0v) is 10.7. The molecule has 0 spiro atoms. The van der Waals surface area contributed by atoms with Crippen molar-refractivity contribution in [2.75, 3.05) is 39.3 Å². The molecule has 2 rings (SSSR count). The number of alkyl halides is 3. The summed E-state index contributed by atoms with van der Waals surface area (Å²) in [5.41, 5.74) is 3.00. The van der Waals surface area contributed by atoms with Gasteiger partial charge in [0.2, 0.25) is 5.88 Å². The first-order chi connectivity index (χ1) is 9.35.